The Bertz CT molecular complexity index is 447. The van der Waals surface area contributed by atoms with Crippen molar-refractivity contribution in [2.45, 2.75) is 38.4 Å². The fourth-order valence-electron chi connectivity index (χ4n) is 2.66. The molecule has 1 saturated carbocycles. The largest absolute Gasteiger partial charge is 0.392 e. The van der Waals surface area contributed by atoms with E-state index in [0.29, 0.717) is 19.3 Å². The summed E-state index contributed by atoms with van der Waals surface area (Å²) in [5, 5.41) is 2.60. The highest BCUT2D eigenvalue weighted by molar-refractivity contribution is 5.79. The Morgan fingerprint density at radius 1 is 1.25 bits per heavy atom. The van der Waals surface area contributed by atoms with E-state index in [1.54, 1.807) is 24.5 Å². The van der Waals surface area contributed by atoms with Gasteiger partial charge in [-0.25, -0.2) is 0 Å². The highest BCUT2D eigenvalue weighted by Crippen LogP contribution is 2.41. The van der Waals surface area contributed by atoms with E-state index in [1.807, 2.05) is 0 Å². The maximum atomic E-state index is 12.9. The number of alkyl halides is 3. The number of carbonyl (C=O) groups excluding carboxylic acids is 1. The molecule has 20 heavy (non-hydrogen) atoms. The van der Waals surface area contributed by atoms with Crippen LogP contribution < -0.4 is 5.32 Å². The van der Waals surface area contributed by atoms with Crippen LogP contribution in [0.1, 0.15) is 31.2 Å². The average Bonchev–Trinajstić information content (AvgIpc) is 2.45. The lowest BCUT2D eigenvalue weighted by Gasteiger charge is -2.32. The maximum Gasteiger partial charge on any atom is 0.392 e. The zero-order valence-electron chi connectivity index (χ0n) is 11.0. The van der Waals surface area contributed by atoms with Crippen molar-refractivity contribution in [2.75, 3.05) is 0 Å². The standard InChI is InChI=1S/C14H17F3N2O/c15-14(16,17)12-4-2-1-3-11(12)13(20)19-9-10-5-7-18-8-6-10/h5-8,11-12H,1-4,9H2,(H,19,20)/t11-,12-/m1/s1. The van der Waals surface area contributed by atoms with Gasteiger partial charge >= 0.3 is 6.18 Å². The zero-order chi connectivity index (χ0) is 14.6. The molecule has 6 heteroatoms. The molecule has 2 rings (SSSR count). The fourth-order valence-corrected chi connectivity index (χ4v) is 2.66. The molecule has 1 aliphatic rings. The van der Waals surface area contributed by atoms with E-state index in [4.69, 9.17) is 0 Å². The molecule has 1 heterocycles. The Morgan fingerprint density at radius 3 is 2.55 bits per heavy atom. The number of nitrogens with one attached hydrogen (secondary N) is 1. The maximum absolute atomic E-state index is 12.9. The van der Waals surface area contributed by atoms with Crippen LogP contribution in [-0.2, 0) is 11.3 Å². The highest BCUT2D eigenvalue weighted by Gasteiger charge is 2.47. The number of carbonyl (C=O) groups is 1. The molecule has 1 fully saturated rings. The molecular weight excluding hydrogens is 269 g/mol. The first-order valence-electron chi connectivity index (χ1n) is 6.72. The quantitative estimate of drug-likeness (QED) is 0.928. The topological polar surface area (TPSA) is 42.0 Å². The minimum atomic E-state index is -4.29. The average molecular weight is 286 g/mol. The van der Waals surface area contributed by atoms with Gasteiger partial charge in [-0.2, -0.15) is 13.2 Å². The van der Waals surface area contributed by atoms with Crippen LogP contribution in [0.3, 0.4) is 0 Å². The summed E-state index contributed by atoms with van der Waals surface area (Å²) in [6, 6.07) is 3.45. The molecule has 0 aliphatic heterocycles. The van der Waals surface area contributed by atoms with Crippen molar-refractivity contribution in [2.24, 2.45) is 11.8 Å². The molecule has 1 aliphatic carbocycles. The summed E-state index contributed by atoms with van der Waals surface area (Å²) in [5.41, 5.74) is 0.827. The minimum absolute atomic E-state index is 0.0524. The van der Waals surface area contributed by atoms with E-state index in [2.05, 4.69) is 10.3 Å². The molecule has 3 nitrogen and oxygen atoms in total. The van der Waals surface area contributed by atoms with Gasteiger partial charge in [0.05, 0.1) is 5.92 Å². The van der Waals surface area contributed by atoms with Crippen LogP contribution in [0.2, 0.25) is 0 Å². The van der Waals surface area contributed by atoms with E-state index >= 15 is 0 Å². The summed E-state index contributed by atoms with van der Waals surface area (Å²) in [5.74, 6) is -2.96. The predicted molar refractivity (Wildman–Crippen MR) is 67.6 cm³/mol. The lowest BCUT2D eigenvalue weighted by molar-refractivity contribution is -0.198. The van der Waals surface area contributed by atoms with Crippen molar-refractivity contribution in [1.82, 2.24) is 10.3 Å². The summed E-state index contributed by atoms with van der Waals surface area (Å²) in [7, 11) is 0. The second-order valence-corrected chi connectivity index (χ2v) is 5.11. The van der Waals surface area contributed by atoms with Gasteiger partial charge in [-0.05, 0) is 30.5 Å². The van der Waals surface area contributed by atoms with Gasteiger partial charge in [0, 0.05) is 24.9 Å². The van der Waals surface area contributed by atoms with Gasteiger partial charge in [0.25, 0.3) is 0 Å². The predicted octanol–water partition coefficient (Wildman–Crippen LogP) is 3.07. The van der Waals surface area contributed by atoms with Gasteiger partial charge in [-0.15, -0.1) is 0 Å². The fraction of sp³-hybridized carbons (Fsp3) is 0.571. The first-order chi connectivity index (χ1) is 9.48. The summed E-state index contributed by atoms with van der Waals surface area (Å²) < 4.78 is 38.8. The molecular formula is C14H17F3N2O. The molecule has 1 aromatic rings. The molecule has 1 N–H and O–H groups in total. The van der Waals surface area contributed by atoms with E-state index < -0.39 is 23.9 Å². The molecule has 0 spiro atoms. The van der Waals surface area contributed by atoms with Gasteiger partial charge in [0.15, 0.2) is 0 Å². The summed E-state index contributed by atoms with van der Waals surface area (Å²) >= 11 is 0. The van der Waals surface area contributed by atoms with Crippen LogP contribution in [0.15, 0.2) is 24.5 Å². The van der Waals surface area contributed by atoms with E-state index in [1.165, 1.54) is 0 Å². The lowest BCUT2D eigenvalue weighted by atomic mass is 9.78. The minimum Gasteiger partial charge on any atom is -0.352 e. The third-order valence-electron chi connectivity index (χ3n) is 3.74. The lowest BCUT2D eigenvalue weighted by Crippen LogP contribution is -2.42. The molecule has 0 unspecified atom stereocenters. The Balaban J connectivity index is 1.96. The number of amides is 1. The second-order valence-electron chi connectivity index (χ2n) is 5.11. The third kappa shape index (κ3) is 3.71. The van der Waals surface area contributed by atoms with Crippen molar-refractivity contribution >= 4 is 5.91 Å². The number of hydrogen-bond donors (Lipinski definition) is 1. The number of nitrogens with zero attached hydrogens (tertiary/aromatic N) is 1. The molecule has 0 radical (unpaired) electrons. The zero-order valence-corrected chi connectivity index (χ0v) is 11.0. The van der Waals surface area contributed by atoms with Crippen LogP contribution in [0.5, 0.6) is 0 Å². The summed E-state index contributed by atoms with van der Waals surface area (Å²) in [4.78, 5) is 15.8. The summed E-state index contributed by atoms with van der Waals surface area (Å²) in [6.07, 6.45) is 0.460. The van der Waals surface area contributed by atoms with Crippen LogP contribution in [-0.4, -0.2) is 17.1 Å². The summed E-state index contributed by atoms with van der Waals surface area (Å²) in [6.45, 7) is 0.239. The first-order valence-corrected chi connectivity index (χ1v) is 6.72. The SMILES string of the molecule is O=C(NCc1ccncc1)[C@@H]1CCCC[C@H]1C(F)(F)F. The Labute approximate surface area is 115 Å². The third-order valence-corrected chi connectivity index (χ3v) is 3.74. The van der Waals surface area contributed by atoms with Gasteiger partial charge in [-0.3, -0.25) is 9.78 Å². The first kappa shape index (κ1) is 14.8. The Kier molecular flexibility index (Phi) is 4.62. The van der Waals surface area contributed by atoms with Crippen LogP contribution in [0, 0.1) is 11.8 Å². The Morgan fingerprint density at radius 2 is 1.90 bits per heavy atom. The van der Waals surface area contributed by atoms with Crippen molar-refractivity contribution in [3.05, 3.63) is 30.1 Å². The van der Waals surface area contributed by atoms with E-state index in [9.17, 15) is 18.0 Å². The molecule has 2 atom stereocenters. The molecule has 110 valence electrons. The van der Waals surface area contributed by atoms with Crippen LogP contribution >= 0.6 is 0 Å². The smallest absolute Gasteiger partial charge is 0.352 e. The molecule has 0 bridgehead atoms. The van der Waals surface area contributed by atoms with Gasteiger partial charge in [-0.1, -0.05) is 12.8 Å². The molecule has 0 saturated heterocycles. The van der Waals surface area contributed by atoms with E-state index in [-0.39, 0.29) is 13.0 Å². The Hall–Kier alpha value is -1.59. The molecule has 1 aromatic heterocycles. The van der Waals surface area contributed by atoms with Gasteiger partial charge < -0.3 is 5.32 Å². The number of halogens is 3. The number of hydrogen-bond acceptors (Lipinski definition) is 2. The number of rotatable bonds is 3. The van der Waals surface area contributed by atoms with Crippen LogP contribution in [0.4, 0.5) is 13.2 Å². The number of pyridine rings is 1. The van der Waals surface area contributed by atoms with Crippen molar-refractivity contribution < 1.29 is 18.0 Å². The van der Waals surface area contributed by atoms with Crippen molar-refractivity contribution in [3.63, 3.8) is 0 Å². The van der Waals surface area contributed by atoms with Gasteiger partial charge in [0.2, 0.25) is 5.91 Å². The molecule has 1 amide bonds. The number of aromatic nitrogens is 1. The van der Waals surface area contributed by atoms with Crippen molar-refractivity contribution in [3.8, 4) is 0 Å². The van der Waals surface area contributed by atoms with Gasteiger partial charge in [0.1, 0.15) is 0 Å². The highest BCUT2D eigenvalue weighted by atomic mass is 19.4. The molecule has 0 aromatic carbocycles. The van der Waals surface area contributed by atoms with E-state index in [0.717, 1.165) is 5.56 Å². The van der Waals surface area contributed by atoms with Crippen LogP contribution in [0.25, 0.3) is 0 Å². The second kappa shape index (κ2) is 6.24. The van der Waals surface area contributed by atoms with Crippen molar-refractivity contribution in [1.29, 1.82) is 0 Å². The monoisotopic (exact) mass is 286 g/mol. The normalized spacial score (nSPS) is 23.4.